The Hall–Kier alpha value is -0.590. The third kappa shape index (κ3) is 20.0. The number of hydrogen-bond acceptors (Lipinski definition) is 10. The van der Waals surface area contributed by atoms with Crippen molar-refractivity contribution in [3.05, 3.63) is 22.7 Å². The first-order valence-electron chi connectivity index (χ1n) is 13.1. The number of aliphatic hydroxyl groups is 1. The Morgan fingerprint density at radius 1 is 1.03 bits per heavy atom. The first-order chi connectivity index (χ1) is 17.4. The number of hydrogen-bond donors (Lipinski definition) is 4. The van der Waals surface area contributed by atoms with E-state index in [1.165, 1.54) is 86.8 Å². The summed E-state index contributed by atoms with van der Waals surface area (Å²) in [5.74, 6) is 2.25. The predicted octanol–water partition coefficient (Wildman–Crippen LogP) is 5.61. The summed E-state index contributed by atoms with van der Waals surface area (Å²) in [5, 5.41) is 9.46. The first kappa shape index (κ1) is 36.4. The number of nitrogen functional groups attached to an aromatic ring is 1. The quantitative estimate of drug-likeness (QED) is 0.0676. The molecular weight excluding hydrogens is 535 g/mol. The predicted molar refractivity (Wildman–Crippen MR) is 157 cm³/mol. The molecule has 10 nitrogen and oxygen atoms in total. The van der Waals surface area contributed by atoms with Gasteiger partial charge in [0.1, 0.15) is 12.2 Å². The molecule has 37 heavy (non-hydrogen) atoms. The zero-order chi connectivity index (χ0) is 26.5. The van der Waals surface area contributed by atoms with E-state index in [9.17, 15) is 19.4 Å². The van der Waals surface area contributed by atoms with Gasteiger partial charge >= 0.3 is 13.3 Å². The van der Waals surface area contributed by atoms with Crippen molar-refractivity contribution >= 4 is 35.0 Å². The molecule has 1 rings (SSSR count). The number of aliphatic hydroxyl groups excluding tert-OH is 1. The Morgan fingerprint density at radius 2 is 1.59 bits per heavy atom. The number of nitrogens with zero attached hydrogens (tertiary/aromatic N) is 2. The van der Waals surface area contributed by atoms with Crippen LogP contribution in [0.1, 0.15) is 84.0 Å². The topological polar surface area (TPSA) is 172 Å². The first-order valence-corrected chi connectivity index (χ1v) is 17.4. The highest BCUT2D eigenvalue weighted by atomic mass is 33.1. The Labute approximate surface area is 230 Å². The van der Waals surface area contributed by atoms with Crippen LogP contribution in [0.2, 0.25) is 0 Å². The van der Waals surface area contributed by atoms with Crippen LogP contribution in [0.5, 0.6) is 0 Å². The molecule has 0 aliphatic heterocycles. The number of aromatic nitrogens is 2. The van der Waals surface area contributed by atoms with E-state index >= 15 is 0 Å². The molecule has 0 fully saturated rings. The molecule has 0 aliphatic rings. The molecule has 1 aromatic rings. The molecule has 0 aliphatic carbocycles. The number of nitrogens with two attached hydrogens (primary N) is 1. The van der Waals surface area contributed by atoms with Gasteiger partial charge in [0, 0.05) is 17.7 Å². The van der Waals surface area contributed by atoms with E-state index in [1.807, 2.05) is 21.6 Å². The van der Waals surface area contributed by atoms with Crippen LogP contribution < -0.4 is 17.6 Å². The van der Waals surface area contributed by atoms with Gasteiger partial charge < -0.3 is 31.1 Å². The summed E-state index contributed by atoms with van der Waals surface area (Å²) < 4.78 is 23.8. The van der Waals surface area contributed by atoms with Gasteiger partial charge in [-0.05, 0) is 25.3 Å². The van der Waals surface area contributed by atoms with Crippen molar-refractivity contribution in [1.82, 2.24) is 15.7 Å². The van der Waals surface area contributed by atoms with Crippen LogP contribution in [0.4, 0.5) is 5.82 Å². The minimum absolute atomic E-state index is 0. The van der Waals surface area contributed by atoms with Crippen molar-refractivity contribution in [2.75, 3.05) is 36.8 Å². The van der Waals surface area contributed by atoms with Crippen molar-refractivity contribution in [3.8, 4) is 0 Å². The van der Waals surface area contributed by atoms with Crippen LogP contribution in [0.25, 0.3) is 0 Å². The van der Waals surface area contributed by atoms with E-state index in [0.29, 0.717) is 6.42 Å². The van der Waals surface area contributed by atoms with Gasteiger partial charge in [-0.3, -0.25) is 9.13 Å². The van der Waals surface area contributed by atoms with Crippen molar-refractivity contribution in [3.63, 3.8) is 0 Å². The van der Waals surface area contributed by atoms with Crippen LogP contribution in [0, 0.1) is 0 Å². The van der Waals surface area contributed by atoms with Crippen LogP contribution in [0.3, 0.4) is 0 Å². The van der Waals surface area contributed by atoms with Crippen molar-refractivity contribution < 1.29 is 23.8 Å². The Balaban J connectivity index is 0.0000130. The molecule has 0 saturated carbocycles. The summed E-state index contributed by atoms with van der Waals surface area (Å²) in [6.45, 7) is 1.98. The average molecular weight is 585 g/mol. The molecule has 1 heterocycles. The van der Waals surface area contributed by atoms with Crippen LogP contribution >= 0.6 is 29.2 Å². The lowest BCUT2D eigenvalue weighted by Crippen LogP contribution is -2.32. The van der Waals surface area contributed by atoms with Gasteiger partial charge in [0.05, 0.1) is 25.9 Å². The highest BCUT2D eigenvalue weighted by molar-refractivity contribution is 8.76. The molecule has 0 bridgehead atoms. The van der Waals surface area contributed by atoms with E-state index in [2.05, 4.69) is 11.9 Å². The lowest BCUT2D eigenvalue weighted by atomic mass is 10.1. The van der Waals surface area contributed by atoms with Gasteiger partial charge in [-0.25, -0.2) is 4.79 Å². The molecule has 1 unspecified atom stereocenters. The maximum atomic E-state index is 12.2. The zero-order valence-corrected chi connectivity index (χ0v) is 25.0. The second kappa shape index (κ2) is 23.3. The van der Waals surface area contributed by atoms with Crippen molar-refractivity contribution in [2.45, 2.75) is 96.6 Å². The minimum Gasteiger partial charge on any atom is -0.394 e. The summed E-state index contributed by atoms with van der Waals surface area (Å²) in [5.41, 5.74) is 4.87. The second-order valence-corrected chi connectivity index (χ2v) is 13.4. The molecule has 13 heteroatoms. The third-order valence-corrected chi connectivity index (χ3v) is 9.19. The maximum absolute atomic E-state index is 12.2. The largest absolute Gasteiger partial charge is 0.394 e. The third-order valence-electron chi connectivity index (χ3n) is 5.55. The van der Waals surface area contributed by atoms with Gasteiger partial charge in [-0.1, -0.05) is 86.3 Å². The molecule has 0 aromatic carbocycles. The summed E-state index contributed by atoms with van der Waals surface area (Å²) in [6, 6.07) is 1.45. The summed E-state index contributed by atoms with van der Waals surface area (Å²) in [4.78, 5) is 25.3. The average Bonchev–Trinajstić information content (AvgIpc) is 2.85. The van der Waals surface area contributed by atoms with Gasteiger partial charge in [-0.15, -0.1) is 0 Å². The normalized spacial score (nSPS) is 13.7. The highest BCUT2D eigenvalue weighted by Gasteiger charge is 2.22. The number of anilines is 1. The van der Waals surface area contributed by atoms with Crippen LogP contribution in [-0.2, 0) is 20.4 Å². The number of rotatable bonds is 24. The molecule has 0 amide bonds. The number of ether oxygens (including phenoxy) is 1. The van der Waals surface area contributed by atoms with Gasteiger partial charge in [0.25, 0.3) is 0 Å². The summed E-state index contributed by atoms with van der Waals surface area (Å²) in [7, 11) is -0.192. The van der Waals surface area contributed by atoms with Gasteiger partial charge in [0.2, 0.25) is 0 Å². The lowest BCUT2D eigenvalue weighted by molar-refractivity contribution is 0.0167. The lowest BCUT2D eigenvalue weighted by Gasteiger charge is -2.19. The molecule has 0 spiro atoms. The smallest absolute Gasteiger partial charge is 0.353 e. The molecule has 2 atom stereocenters. The maximum Gasteiger partial charge on any atom is 0.353 e. The molecule has 0 radical (unpaired) electrons. The monoisotopic (exact) mass is 584 g/mol. The zero-order valence-electron chi connectivity index (χ0n) is 22.4. The van der Waals surface area contributed by atoms with E-state index in [1.54, 1.807) is 0 Å². The molecule has 218 valence electrons. The fourth-order valence-corrected chi connectivity index (χ4v) is 6.62. The Kier molecular flexibility index (Phi) is 22.9. The van der Waals surface area contributed by atoms with Crippen molar-refractivity contribution in [2.24, 2.45) is 0 Å². The fourth-order valence-electron chi connectivity index (χ4n) is 3.44. The molecule has 7 N–H and O–H groups in total. The van der Waals surface area contributed by atoms with Gasteiger partial charge in [-0.2, -0.15) is 4.98 Å². The highest BCUT2D eigenvalue weighted by Crippen LogP contribution is 2.42. The standard InChI is InChI=1S/C24H46N3O6PS2.H3N/c1-2-3-4-5-6-7-8-9-10-12-17-35-36-18-13-11-16-33-34(30,31)21-32-22(20-28)19-27-15-14-23(25)26-24(27)29;/h14-15,22,28H,2-13,16-21H2,1H3,(H,30,31)(H2,25,26,29);1H3/t22-;/m0./s1. The number of unbranched alkanes of at least 4 members (excludes halogenated alkanes) is 10. The molecule has 1 aromatic heterocycles. The summed E-state index contributed by atoms with van der Waals surface area (Å²) >= 11 is 0. The SMILES string of the molecule is CCCCCCCCCCCCSSCCCCOP(=O)(O)CO[C@H](CO)Cn1ccc(N)nc1=O.N. The van der Waals surface area contributed by atoms with Crippen LogP contribution in [-0.4, -0.2) is 56.7 Å². The van der Waals surface area contributed by atoms with E-state index < -0.39 is 32.3 Å². The van der Waals surface area contributed by atoms with E-state index in [4.69, 9.17) is 15.0 Å². The van der Waals surface area contributed by atoms with Crippen LogP contribution in [0.15, 0.2) is 17.1 Å². The molecule has 0 saturated heterocycles. The minimum atomic E-state index is -3.94. The Bertz CT molecular complexity index is 790. The summed E-state index contributed by atoms with van der Waals surface area (Å²) in [6.07, 6.45) is 15.2. The van der Waals surface area contributed by atoms with E-state index in [-0.39, 0.29) is 25.1 Å². The Morgan fingerprint density at radius 3 is 2.16 bits per heavy atom. The second-order valence-electron chi connectivity index (χ2n) is 8.89. The molecular formula is C24H49N4O6PS2. The van der Waals surface area contributed by atoms with Crippen molar-refractivity contribution in [1.29, 1.82) is 0 Å². The van der Waals surface area contributed by atoms with Gasteiger partial charge in [0.15, 0.2) is 0 Å². The fraction of sp³-hybridized carbons (Fsp3) is 0.833. The van der Waals surface area contributed by atoms with E-state index in [0.717, 1.165) is 12.2 Å².